The summed E-state index contributed by atoms with van der Waals surface area (Å²) < 4.78 is 0. The fourth-order valence-corrected chi connectivity index (χ4v) is 1.45. The average Bonchev–Trinajstić information content (AvgIpc) is 2.23. The van der Waals surface area contributed by atoms with Gasteiger partial charge in [0.2, 0.25) is 5.91 Å². The molecule has 1 saturated heterocycles. The van der Waals surface area contributed by atoms with Gasteiger partial charge in [-0.05, 0) is 0 Å². The minimum absolute atomic E-state index is 0.0971. The van der Waals surface area contributed by atoms with Gasteiger partial charge in [0.1, 0.15) is 11.6 Å². The first-order valence-corrected chi connectivity index (χ1v) is 4.73. The molecule has 1 aromatic rings. The molecule has 0 aromatic carbocycles. The summed E-state index contributed by atoms with van der Waals surface area (Å²) in [5, 5.41) is 0. The van der Waals surface area contributed by atoms with Gasteiger partial charge >= 0.3 is 0 Å². The highest BCUT2D eigenvalue weighted by molar-refractivity contribution is 5.82. The van der Waals surface area contributed by atoms with Crippen LogP contribution in [0.25, 0.3) is 0 Å². The maximum atomic E-state index is 11.5. The van der Waals surface area contributed by atoms with E-state index in [2.05, 4.69) is 9.97 Å². The molecule has 1 aliphatic rings. The van der Waals surface area contributed by atoms with Gasteiger partial charge in [-0.2, -0.15) is 0 Å². The number of nitrogens with zero attached hydrogens (tertiary/aromatic N) is 4. The zero-order valence-electron chi connectivity index (χ0n) is 8.55. The van der Waals surface area contributed by atoms with E-state index >= 15 is 0 Å². The first kappa shape index (κ1) is 9.70. The number of carbonyl (C=O) groups excluding carboxylic acids is 1. The maximum absolute atomic E-state index is 11.5. The summed E-state index contributed by atoms with van der Waals surface area (Å²) in [5.41, 5.74) is 5.44. The number of hydrogen-bond donors (Lipinski definition) is 1. The van der Waals surface area contributed by atoms with E-state index in [4.69, 9.17) is 5.73 Å². The maximum Gasteiger partial charge on any atom is 0.241 e. The number of piperazine rings is 1. The van der Waals surface area contributed by atoms with Crippen LogP contribution < -0.4 is 10.6 Å². The van der Waals surface area contributed by atoms with E-state index in [0.29, 0.717) is 24.7 Å². The van der Waals surface area contributed by atoms with Gasteiger partial charge in [0, 0.05) is 20.1 Å². The summed E-state index contributed by atoms with van der Waals surface area (Å²) in [7, 11) is 1.80. The molecule has 2 heterocycles. The Morgan fingerprint density at radius 1 is 1.33 bits per heavy atom. The van der Waals surface area contributed by atoms with E-state index in [-0.39, 0.29) is 5.91 Å². The fraction of sp³-hybridized carbons (Fsp3) is 0.444. The van der Waals surface area contributed by atoms with Crippen LogP contribution in [0.1, 0.15) is 0 Å². The van der Waals surface area contributed by atoms with Crippen molar-refractivity contribution in [3.05, 3.63) is 12.4 Å². The Bertz CT molecular complexity index is 363. The van der Waals surface area contributed by atoms with Gasteiger partial charge in [-0.15, -0.1) is 0 Å². The van der Waals surface area contributed by atoms with Gasteiger partial charge in [0.05, 0.1) is 18.9 Å². The molecular weight excluding hydrogens is 194 g/mol. The van der Waals surface area contributed by atoms with Crippen LogP contribution in [0.4, 0.5) is 11.6 Å². The molecule has 1 amide bonds. The molecule has 1 aromatic heterocycles. The van der Waals surface area contributed by atoms with Gasteiger partial charge in [0.25, 0.3) is 0 Å². The summed E-state index contributed by atoms with van der Waals surface area (Å²) in [6, 6.07) is 0. The molecule has 15 heavy (non-hydrogen) atoms. The Labute approximate surface area is 87.7 Å². The van der Waals surface area contributed by atoms with Crippen molar-refractivity contribution in [2.75, 3.05) is 37.3 Å². The van der Waals surface area contributed by atoms with Crippen molar-refractivity contribution in [2.45, 2.75) is 0 Å². The molecule has 80 valence electrons. The SMILES string of the molecule is CN1CCN(c2cnc(N)cn2)CC1=O. The number of amides is 1. The van der Waals surface area contributed by atoms with Gasteiger partial charge in [0.15, 0.2) is 0 Å². The molecule has 6 nitrogen and oxygen atoms in total. The topological polar surface area (TPSA) is 75.3 Å². The van der Waals surface area contributed by atoms with E-state index < -0.39 is 0 Å². The summed E-state index contributed by atoms with van der Waals surface area (Å²) in [4.78, 5) is 23.1. The van der Waals surface area contributed by atoms with Crippen LogP contribution in [0, 0.1) is 0 Å². The second-order valence-corrected chi connectivity index (χ2v) is 3.54. The Kier molecular flexibility index (Phi) is 2.40. The Morgan fingerprint density at radius 2 is 2.13 bits per heavy atom. The van der Waals surface area contributed by atoms with E-state index in [1.165, 1.54) is 6.20 Å². The lowest BCUT2D eigenvalue weighted by Crippen LogP contribution is -2.48. The number of nitrogens with two attached hydrogens (primary N) is 1. The fourth-order valence-electron chi connectivity index (χ4n) is 1.45. The quantitative estimate of drug-likeness (QED) is 0.661. The number of likely N-dealkylation sites (N-methyl/N-ethyl adjacent to an activating group) is 1. The monoisotopic (exact) mass is 207 g/mol. The molecule has 2 N–H and O–H groups in total. The predicted octanol–water partition coefficient (Wildman–Crippen LogP) is -0.663. The third-order valence-electron chi connectivity index (χ3n) is 2.44. The smallest absolute Gasteiger partial charge is 0.241 e. The van der Waals surface area contributed by atoms with Crippen molar-refractivity contribution >= 4 is 17.5 Å². The average molecular weight is 207 g/mol. The molecule has 0 radical (unpaired) electrons. The summed E-state index contributed by atoms with van der Waals surface area (Å²) in [6.45, 7) is 1.85. The van der Waals surface area contributed by atoms with Crippen molar-refractivity contribution in [2.24, 2.45) is 0 Å². The number of hydrogen-bond acceptors (Lipinski definition) is 5. The van der Waals surface area contributed by atoms with Crippen LogP contribution in [0.3, 0.4) is 0 Å². The third-order valence-corrected chi connectivity index (χ3v) is 2.44. The predicted molar refractivity (Wildman–Crippen MR) is 56.3 cm³/mol. The molecule has 0 saturated carbocycles. The number of carbonyl (C=O) groups is 1. The van der Waals surface area contributed by atoms with Gasteiger partial charge in [-0.3, -0.25) is 4.79 Å². The molecule has 0 atom stereocenters. The van der Waals surface area contributed by atoms with Gasteiger partial charge in [-0.25, -0.2) is 9.97 Å². The Hall–Kier alpha value is -1.85. The third kappa shape index (κ3) is 1.98. The molecule has 0 spiro atoms. The van der Waals surface area contributed by atoms with Crippen LogP contribution in [-0.4, -0.2) is 47.5 Å². The first-order chi connectivity index (χ1) is 7.16. The molecule has 2 rings (SSSR count). The molecule has 1 aliphatic heterocycles. The molecule has 1 fully saturated rings. The zero-order chi connectivity index (χ0) is 10.8. The number of anilines is 2. The largest absolute Gasteiger partial charge is 0.382 e. The van der Waals surface area contributed by atoms with Crippen LogP contribution in [0.15, 0.2) is 12.4 Å². The lowest BCUT2D eigenvalue weighted by Gasteiger charge is -2.32. The molecule has 0 bridgehead atoms. The first-order valence-electron chi connectivity index (χ1n) is 4.73. The highest BCUT2D eigenvalue weighted by atomic mass is 16.2. The Morgan fingerprint density at radius 3 is 2.73 bits per heavy atom. The van der Waals surface area contributed by atoms with Crippen molar-refractivity contribution in [3.8, 4) is 0 Å². The van der Waals surface area contributed by atoms with Crippen molar-refractivity contribution in [1.82, 2.24) is 14.9 Å². The van der Waals surface area contributed by atoms with E-state index in [0.717, 1.165) is 6.54 Å². The highest BCUT2D eigenvalue weighted by Gasteiger charge is 2.21. The number of aromatic nitrogens is 2. The number of rotatable bonds is 1. The van der Waals surface area contributed by atoms with Crippen LogP contribution in [0.5, 0.6) is 0 Å². The summed E-state index contributed by atoms with van der Waals surface area (Å²) >= 11 is 0. The van der Waals surface area contributed by atoms with E-state index in [9.17, 15) is 4.79 Å². The van der Waals surface area contributed by atoms with E-state index in [1.807, 2.05) is 4.90 Å². The van der Waals surface area contributed by atoms with Crippen molar-refractivity contribution in [3.63, 3.8) is 0 Å². The summed E-state index contributed by atoms with van der Waals surface area (Å²) in [6.07, 6.45) is 3.09. The van der Waals surface area contributed by atoms with Crippen molar-refractivity contribution in [1.29, 1.82) is 0 Å². The van der Waals surface area contributed by atoms with E-state index in [1.54, 1.807) is 18.1 Å². The second kappa shape index (κ2) is 3.72. The normalized spacial score (nSPS) is 17.0. The zero-order valence-corrected chi connectivity index (χ0v) is 8.55. The lowest BCUT2D eigenvalue weighted by molar-refractivity contribution is -0.129. The van der Waals surface area contributed by atoms with Gasteiger partial charge < -0.3 is 15.5 Å². The lowest BCUT2D eigenvalue weighted by atomic mass is 10.3. The van der Waals surface area contributed by atoms with Crippen LogP contribution >= 0.6 is 0 Å². The molecular formula is C9H13N5O. The molecule has 0 aliphatic carbocycles. The molecule has 0 unspecified atom stereocenters. The molecule has 6 heteroatoms. The minimum atomic E-state index is 0.0971. The highest BCUT2D eigenvalue weighted by Crippen LogP contribution is 2.12. The van der Waals surface area contributed by atoms with Gasteiger partial charge in [-0.1, -0.05) is 0 Å². The number of nitrogen functional groups attached to an aromatic ring is 1. The standard InChI is InChI=1S/C9H13N5O/c1-13-2-3-14(6-9(13)15)8-5-11-7(10)4-12-8/h4-5H,2-3,6H2,1H3,(H2,10,11). The second-order valence-electron chi connectivity index (χ2n) is 3.54. The summed E-state index contributed by atoms with van der Waals surface area (Å²) in [5.74, 6) is 1.18. The Balaban J connectivity index is 2.12. The van der Waals surface area contributed by atoms with Crippen LogP contribution in [-0.2, 0) is 4.79 Å². The van der Waals surface area contributed by atoms with Crippen LogP contribution in [0.2, 0.25) is 0 Å². The van der Waals surface area contributed by atoms with Crippen molar-refractivity contribution < 1.29 is 4.79 Å². The minimum Gasteiger partial charge on any atom is -0.382 e.